The number of nitrogens with one attached hydrogen (secondary N) is 1. The summed E-state index contributed by atoms with van der Waals surface area (Å²) < 4.78 is 10.6. The summed E-state index contributed by atoms with van der Waals surface area (Å²) in [7, 11) is 0. The fraction of sp³-hybridized carbons (Fsp3) is 0.118. The van der Waals surface area contributed by atoms with Crippen LogP contribution in [0.25, 0.3) is 11.3 Å². The average molecular weight is 421 g/mol. The van der Waals surface area contributed by atoms with Crippen LogP contribution in [0.5, 0.6) is 0 Å². The zero-order valence-electron chi connectivity index (χ0n) is 13.1. The second-order valence-electron chi connectivity index (χ2n) is 5.04. The minimum absolute atomic E-state index is 0.0205. The second kappa shape index (κ2) is 7.62. The highest BCUT2D eigenvalue weighted by Crippen LogP contribution is 2.24. The largest absolute Gasteiger partial charge is 0.447 e. The smallest absolute Gasteiger partial charge is 0.375 e. The van der Waals surface area contributed by atoms with E-state index < -0.39 is 18.0 Å². The first-order chi connectivity index (χ1) is 12.0. The number of hydrogen-bond acceptors (Lipinski definition) is 6. The molecule has 0 bridgehead atoms. The van der Waals surface area contributed by atoms with Crippen LogP contribution in [0.1, 0.15) is 17.5 Å². The predicted molar refractivity (Wildman–Crippen MR) is 97.5 cm³/mol. The van der Waals surface area contributed by atoms with Gasteiger partial charge in [-0.05, 0) is 35.0 Å². The summed E-state index contributed by atoms with van der Waals surface area (Å²) >= 11 is 4.40. The molecular formula is C17H13BrN2O4S. The van der Waals surface area contributed by atoms with E-state index in [0.29, 0.717) is 9.80 Å². The van der Waals surface area contributed by atoms with Gasteiger partial charge in [0.25, 0.3) is 5.91 Å². The van der Waals surface area contributed by atoms with Crippen LogP contribution in [0.4, 0.5) is 5.13 Å². The molecule has 0 aliphatic heterocycles. The highest BCUT2D eigenvalue weighted by molar-refractivity contribution is 9.10. The Morgan fingerprint density at radius 3 is 2.68 bits per heavy atom. The maximum Gasteiger partial charge on any atom is 0.375 e. The molecule has 2 aromatic heterocycles. The molecule has 1 unspecified atom stereocenters. The first kappa shape index (κ1) is 17.4. The topological polar surface area (TPSA) is 81.4 Å². The normalized spacial score (nSPS) is 11.8. The molecule has 0 spiro atoms. The first-order valence-electron chi connectivity index (χ1n) is 7.31. The summed E-state index contributed by atoms with van der Waals surface area (Å²) in [5.74, 6) is -1.16. The molecule has 8 heteroatoms. The van der Waals surface area contributed by atoms with Crippen molar-refractivity contribution in [3.8, 4) is 11.3 Å². The van der Waals surface area contributed by atoms with Crippen LogP contribution in [0.3, 0.4) is 0 Å². The molecule has 0 fully saturated rings. The monoisotopic (exact) mass is 420 g/mol. The number of ether oxygens (including phenoxy) is 1. The average Bonchev–Trinajstić information content (AvgIpc) is 3.24. The number of esters is 1. The number of carbonyl (C=O) groups excluding carboxylic acids is 2. The molecule has 0 aliphatic carbocycles. The second-order valence-corrected chi connectivity index (χ2v) is 6.68. The number of anilines is 1. The summed E-state index contributed by atoms with van der Waals surface area (Å²) in [6.45, 7) is 1.48. The van der Waals surface area contributed by atoms with Crippen LogP contribution in [0.2, 0.25) is 0 Å². The molecular weight excluding hydrogens is 408 g/mol. The van der Waals surface area contributed by atoms with Crippen molar-refractivity contribution in [1.82, 2.24) is 4.98 Å². The van der Waals surface area contributed by atoms with Gasteiger partial charge in [0, 0.05) is 10.9 Å². The lowest BCUT2D eigenvalue weighted by atomic mass is 10.2. The van der Waals surface area contributed by atoms with Gasteiger partial charge in [0.2, 0.25) is 5.76 Å². The van der Waals surface area contributed by atoms with E-state index in [2.05, 4.69) is 26.2 Å². The minimum Gasteiger partial charge on any atom is -0.447 e. The van der Waals surface area contributed by atoms with Gasteiger partial charge in [-0.3, -0.25) is 10.1 Å². The number of carbonyl (C=O) groups is 2. The van der Waals surface area contributed by atoms with Gasteiger partial charge in [-0.2, -0.15) is 0 Å². The third-order valence-electron chi connectivity index (χ3n) is 3.23. The van der Waals surface area contributed by atoms with E-state index in [9.17, 15) is 9.59 Å². The highest BCUT2D eigenvalue weighted by Gasteiger charge is 2.22. The maximum absolute atomic E-state index is 12.2. The SMILES string of the molecule is CC(OC(=O)c1ccc(Br)o1)C(=O)Nc1nc(-c2ccccc2)cs1. The molecule has 25 heavy (non-hydrogen) atoms. The number of nitrogens with zero attached hydrogens (tertiary/aromatic N) is 1. The van der Waals surface area contributed by atoms with Crippen LogP contribution >= 0.6 is 27.3 Å². The lowest BCUT2D eigenvalue weighted by molar-refractivity contribution is -0.123. The molecule has 1 N–H and O–H groups in total. The number of aromatic nitrogens is 1. The van der Waals surface area contributed by atoms with Crippen molar-refractivity contribution in [2.24, 2.45) is 0 Å². The van der Waals surface area contributed by atoms with E-state index in [1.54, 1.807) is 6.07 Å². The van der Waals surface area contributed by atoms with Crippen molar-refractivity contribution < 1.29 is 18.7 Å². The van der Waals surface area contributed by atoms with Crippen LogP contribution in [0.15, 0.2) is 56.9 Å². The molecule has 0 radical (unpaired) electrons. The zero-order chi connectivity index (χ0) is 17.8. The Labute approximate surface area is 156 Å². The van der Waals surface area contributed by atoms with Crippen molar-refractivity contribution >= 4 is 44.3 Å². The summed E-state index contributed by atoms with van der Waals surface area (Å²) in [5.41, 5.74) is 1.73. The van der Waals surface area contributed by atoms with Gasteiger partial charge in [0.05, 0.1) is 5.69 Å². The summed E-state index contributed by atoms with van der Waals surface area (Å²) in [5, 5.41) is 4.93. The number of furan rings is 1. The lowest BCUT2D eigenvalue weighted by Gasteiger charge is -2.11. The number of halogens is 1. The highest BCUT2D eigenvalue weighted by atomic mass is 79.9. The molecule has 1 atom stereocenters. The van der Waals surface area contributed by atoms with E-state index in [1.807, 2.05) is 35.7 Å². The molecule has 6 nitrogen and oxygen atoms in total. The van der Waals surface area contributed by atoms with Gasteiger partial charge < -0.3 is 9.15 Å². The van der Waals surface area contributed by atoms with Crippen LogP contribution in [-0.2, 0) is 9.53 Å². The van der Waals surface area contributed by atoms with Gasteiger partial charge >= 0.3 is 5.97 Å². The van der Waals surface area contributed by atoms with Gasteiger partial charge in [0.1, 0.15) is 0 Å². The Morgan fingerprint density at radius 1 is 1.24 bits per heavy atom. The Balaban J connectivity index is 1.60. The minimum atomic E-state index is -0.986. The van der Waals surface area contributed by atoms with Crippen molar-refractivity contribution in [3.05, 3.63) is 58.3 Å². The molecule has 128 valence electrons. The molecule has 3 rings (SSSR count). The Morgan fingerprint density at radius 2 is 2.00 bits per heavy atom. The quantitative estimate of drug-likeness (QED) is 0.620. The van der Waals surface area contributed by atoms with Crippen molar-refractivity contribution in [2.75, 3.05) is 5.32 Å². The molecule has 0 aliphatic rings. The standard InChI is InChI=1S/C17H13BrN2O4S/c1-10(23-16(22)13-7-8-14(18)24-13)15(21)20-17-19-12(9-25-17)11-5-3-2-4-6-11/h2-10H,1H3,(H,19,20,21). The van der Waals surface area contributed by atoms with Crippen molar-refractivity contribution in [3.63, 3.8) is 0 Å². The third kappa shape index (κ3) is 4.34. The predicted octanol–water partition coefficient (Wildman–Crippen LogP) is 4.35. The van der Waals surface area contributed by atoms with E-state index in [4.69, 9.17) is 9.15 Å². The summed E-state index contributed by atoms with van der Waals surface area (Å²) in [6, 6.07) is 12.7. The van der Waals surface area contributed by atoms with Crippen LogP contribution in [-0.4, -0.2) is 23.0 Å². The Hall–Kier alpha value is -2.45. The molecule has 3 aromatic rings. The molecule has 1 aromatic carbocycles. The van der Waals surface area contributed by atoms with E-state index in [1.165, 1.54) is 24.3 Å². The maximum atomic E-state index is 12.2. The van der Waals surface area contributed by atoms with E-state index in [-0.39, 0.29) is 5.76 Å². The molecule has 0 saturated carbocycles. The number of thiazole rings is 1. The van der Waals surface area contributed by atoms with Gasteiger partial charge in [-0.1, -0.05) is 30.3 Å². The Bertz CT molecular complexity index is 891. The molecule has 2 heterocycles. The van der Waals surface area contributed by atoms with E-state index >= 15 is 0 Å². The van der Waals surface area contributed by atoms with Gasteiger partial charge in [-0.25, -0.2) is 9.78 Å². The number of amides is 1. The zero-order valence-corrected chi connectivity index (χ0v) is 15.5. The number of benzene rings is 1. The number of hydrogen-bond donors (Lipinski definition) is 1. The lowest BCUT2D eigenvalue weighted by Crippen LogP contribution is -2.29. The number of rotatable bonds is 5. The summed E-state index contributed by atoms with van der Waals surface area (Å²) in [4.78, 5) is 28.4. The fourth-order valence-electron chi connectivity index (χ4n) is 1.98. The summed E-state index contributed by atoms with van der Waals surface area (Å²) in [6.07, 6.45) is -0.986. The van der Waals surface area contributed by atoms with Crippen LogP contribution in [0, 0.1) is 0 Å². The Kier molecular flexibility index (Phi) is 5.30. The molecule has 1 amide bonds. The van der Waals surface area contributed by atoms with Crippen molar-refractivity contribution in [2.45, 2.75) is 13.0 Å². The fourth-order valence-corrected chi connectivity index (χ4v) is 3.01. The molecule has 0 saturated heterocycles. The third-order valence-corrected chi connectivity index (χ3v) is 4.42. The van der Waals surface area contributed by atoms with Crippen LogP contribution < -0.4 is 5.32 Å². The van der Waals surface area contributed by atoms with E-state index in [0.717, 1.165) is 11.3 Å². The van der Waals surface area contributed by atoms with Crippen molar-refractivity contribution in [1.29, 1.82) is 0 Å². The van der Waals surface area contributed by atoms with Gasteiger partial charge in [0.15, 0.2) is 15.9 Å². The first-order valence-corrected chi connectivity index (χ1v) is 8.98. The van der Waals surface area contributed by atoms with Gasteiger partial charge in [-0.15, -0.1) is 11.3 Å².